The van der Waals surface area contributed by atoms with Crippen molar-refractivity contribution in [1.82, 2.24) is 15.0 Å². The second-order valence-electron chi connectivity index (χ2n) is 6.85. The monoisotopic (exact) mass is 435 g/mol. The smallest absolute Gasteiger partial charge is 0.326 e. The minimum atomic E-state index is -0.405. The van der Waals surface area contributed by atoms with Crippen molar-refractivity contribution in [1.29, 1.82) is 0 Å². The van der Waals surface area contributed by atoms with Crippen LogP contribution < -0.4 is 14.8 Å². The van der Waals surface area contributed by atoms with Crippen LogP contribution in [0.4, 0.5) is 10.8 Å². The van der Waals surface area contributed by atoms with Gasteiger partial charge in [-0.3, -0.25) is 15.1 Å². The number of hydrogen-bond acceptors (Lipinski definition) is 9. The largest absolute Gasteiger partial charge is 0.486 e. The van der Waals surface area contributed by atoms with Crippen molar-refractivity contribution in [3.05, 3.63) is 64.5 Å². The summed E-state index contributed by atoms with van der Waals surface area (Å²) in [5.41, 5.74) is 1.88. The van der Waals surface area contributed by atoms with Crippen LogP contribution in [0.5, 0.6) is 11.5 Å². The van der Waals surface area contributed by atoms with Gasteiger partial charge in [-0.25, -0.2) is 9.97 Å². The fourth-order valence-electron chi connectivity index (χ4n) is 3.33. The quantitative estimate of drug-likeness (QED) is 0.356. The summed E-state index contributed by atoms with van der Waals surface area (Å²) in [6, 6.07) is 11.0. The highest BCUT2D eigenvalue weighted by Gasteiger charge is 2.18. The Morgan fingerprint density at radius 2 is 1.87 bits per heavy atom. The first kappa shape index (κ1) is 19.2. The van der Waals surface area contributed by atoms with Crippen LogP contribution in [0.15, 0.2) is 48.8 Å². The average molecular weight is 435 g/mol. The van der Waals surface area contributed by atoms with Crippen molar-refractivity contribution in [2.75, 3.05) is 25.1 Å². The SMILES string of the molecule is O=[N+]([O-])c1cc2c(NCCc3ccc4c(c3)OCCO4)nc(-c3ccncc3)nc2s1. The molecule has 9 nitrogen and oxygen atoms in total. The average Bonchev–Trinajstić information content (AvgIpc) is 3.24. The van der Waals surface area contributed by atoms with Crippen molar-refractivity contribution in [3.63, 3.8) is 0 Å². The van der Waals surface area contributed by atoms with Crippen molar-refractivity contribution in [2.24, 2.45) is 0 Å². The van der Waals surface area contributed by atoms with E-state index in [0.29, 0.717) is 41.6 Å². The van der Waals surface area contributed by atoms with Crippen LogP contribution in [0.3, 0.4) is 0 Å². The molecule has 156 valence electrons. The summed E-state index contributed by atoms with van der Waals surface area (Å²) in [4.78, 5) is 24.6. The highest BCUT2D eigenvalue weighted by atomic mass is 32.1. The summed E-state index contributed by atoms with van der Waals surface area (Å²) in [7, 11) is 0. The van der Waals surface area contributed by atoms with Gasteiger partial charge in [-0.2, -0.15) is 0 Å². The number of rotatable bonds is 6. The van der Waals surface area contributed by atoms with E-state index in [1.807, 2.05) is 30.3 Å². The van der Waals surface area contributed by atoms with Crippen LogP contribution in [-0.4, -0.2) is 39.6 Å². The third-order valence-corrected chi connectivity index (χ3v) is 5.79. The minimum Gasteiger partial charge on any atom is -0.486 e. The number of aromatic nitrogens is 3. The van der Waals surface area contributed by atoms with Crippen molar-refractivity contribution in [3.8, 4) is 22.9 Å². The molecule has 0 spiro atoms. The highest BCUT2D eigenvalue weighted by Crippen LogP contribution is 2.35. The summed E-state index contributed by atoms with van der Waals surface area (Å²) in [6.45, 7) is 1.69. The minimum absolute atomic E-state index is 0.0334. The molecule has 0 amide bonds. The number of thiophene rings is 1. The number of fused-ring (bicyclic) bond motifs is 2. The maximum Gasteiger partial charge on any atom is 0.326 e. The summed E-state index contributed by atoms with van der Waals surface area (Å²) >= 11 is 1.04. The van der Waals surface area contributed by atoms with Crippen LogP contribution in [0, 0.1) is 10.1 Å². The fourth-order valence-corrected chi connectivity index (χ4v) is 4.18. The molecule has 3 aromatic heterocycles. The van der Waals surface area contributed by atoms with Gasteiger partial charge in [0.25, 0.3) is 0 Å². The van der Waals surface area contributed by atoms with Gasteiger partial charge in [0.1, 0.15) is 23.9 Å². The molecule has 1 aliphatic rings. The van der Waals surface area contributed by atoms with E-state index in [9.17, 15) is 10.1 Å². The maximum atomic E-state index is 11.3. The molecule has 10 heteroatoms. The Hall–Kier alpha value is -3.79. The lowest BCUT2D eigenvalue weighted by Crippen LogP contribution is -2.15. The van der Waals surface area contributed by atoms with Gasteiger partial charge in [0, 0.05) is 30.6 Å². The Bertz CT molecular complexity index is 1260. The Labute approximate surface area is 180 Å². The lowest BCUT2D eigenvalue weighted by atomic mass is 10.1. The molecule has 0 aliphatic carbocycles. The summed E-state index contributed by atoms with van der Waals surface area (Å²) in [5.74, 6) is 2.57. The van der Waals surface area contributed by atoms with Gasteiger partial charge < -0.3 is 14.8 Å². The standard InChI is InChI=1S/C21H17N5O4S/c27-26(28)18-12-15-20(24-19(25-21(15)31-18)14-4-6-22-7-5-14)23-8-3-13-1-2-16-17(11-13)30-10-9-29-16/h1-2,4-7,11-12H,3,8-10H2,(H,23,24,25). The molecule has 1 N–H and O–H groups in total. The third kappa shape index (κ3) is 3.97. The number of anilines is 1. The topological polar surface area (TPSA) is 112 Å². The van der Waals surface area contributed by atoms with E-state index in [4.69, 9.17) is 9.47 Å². The Morgan fingerprint density at radius 1 is 1.06 bits per heavy atom. The molecule has 0 bridgehead atoms. The predicted octanol–water partition coefficient (Wildman–Crippen LogP) is 4.09. The first-order valence-corrected chi connectivity index (χ1v) is 10.5. The van der Waals surface area contributed by atoms with Gasteiger partial charge >= 0.3 is 5.00 Å². The highest BCUT2D eigenvalue weighted by molar-refractivity contribution is 7.21. The van der Waals surface area contributed by atoms with E-state index in [1.54, 1.807) is 12.4 Å². The summed E-state index contributed by atoms with van der Waals surface area (Å²) in [5, 5.41) is 15.3. The Morgan fingerprint density at radius 3 is 2.68 bits per heavy atom. The first-order chi connectivity index (χ1) is 15.2. The zero-order chi connectivity index (χ0) is 21.2. The predicted molar refractivity (Wildman–Crippen MR) is 117 cm³/mol. The van der Waals surface area contributed by atoms with Crippen molar-refractivity contribution in [2.45, 2.75) is 6.42 Å². The number of nitro groups is 1. The molecule has 5 rings (SSSR count). The molecule has 1 aliphatic heterocycles. The van der Waals surface area contributed by atoms with E-state index in [2.05, 4.69) is 20.3 Å². The van der Waals surface area contributed by atoms with Crippen molar-refractivity contribution < 1.29 is 14.4 Å². The molecule has 31 heavy (non-hydrogen) atoms. The van der Waals surface area contributed by atoms with E-state index in [0.717, 1.165) is 40.4 Å². The molecule has 4 heterocycles. The fraction of sp³-hybridized carbons (Fsp3) is 0.190. The van der Waals surface area contributed by atoms with Gasteiger partial charge in [-0.15, -0.1) is 0 Å². The maximum absolute atomic E-state index is 11.3. The van der Waals surface area contributed by atoms with Gasteiger partial charge in [0.2, 0.25) is 0 Å². The summed E-state index contributed by atoms with van der Waals surface area (Å²) < 4.78 is 11.2. The molecular weight excluding hydrogens is 418 g/mol. The second-order valence-corrected chi connectivity index (χ2v) is 7.86. The number of hydrogen-bond donors (Lipinski definition) is 1. The molecule has 0 saturated heterocycles. The molecule has 0 unspecified atom stereocenters. The lowest BCUT2D eigenvalue weighted by molar-refractivity contribution is -0.380. The molecule has 0 saturated carbocycles. The summed E-state index contributed by atoms with van der Waals surface area (Å²) in [6.07, 6.45) is 4.04. The van der Waals surface area contributed by atoms with Crippen LogP contribution in [0.1, 0.15) is 5.56 Å². The molecule has 1 aromatic carbocycles. The Balaban J connectivity index is 1.42. The third-order valence-electron chi connectivity index (χ3n) is 4.81. The van der Waals surface area contributed by atoms with Crippen molar-refractivity contribution >= 4 is 32.4 Å². The first-order valence-electron chi connectivity index (χ1n) is 9.66. The lowest BCUT2D eigenvalue weighted by Gasteiger charge is -2.19. The van der Waals surface area contributed by atoms with Crippen LogP contribution in [0.25, 0.3) is 21.6 Å². The second kappa shape index (κ2) is 8.15. The number of nitrogens with zero attached hydrogens (tertiary/aromatic N) is 4. The van der Waals surface area contributed by atoms with Gasteiger partial charge in [-0.1, -0.05) is 6.07 Å². The molecule has 4 aromatic rings. The van der Waals surface area contributed by atoms with Gasteiger partial charge in [0.05, 0.1) is 10.3 Å². The molecule has 0 radical (unpaired) electrons. The zero-order valence-corrected chi connectivity index (χ0v) is 17.1. The number of ether oxygens (including phenoxy) is 2. The van der Waals surface area contributed by atoms with E-state index >= 15 is 0 Å². The van der Waals surface area contributed by atoms with Gasteiger partial charge in [-0.05, 0) is 47.6 Å². The van der Waals surface area contributed by atoms with Crippen LogP contribution in [0.2, 0.25) is 0 Å². The van der Waals surface area contributed by atoms with E-state index in [-0.39, 0.29) is 5.00 Å². The number of benzene rings is 1. The van der Waals surface area contributed by atoms with Crippen LogP contribution >= 0.6 is 11.3 Å². The van der Waals surface area contributed by atoms with E-state index in [1.165, 1.54) is 6.07 Å². The number of nitrogens with one attached hydrogen (secondary N) is 1. The van der Waals surface area contributed by atoms with Crippen LogP contribution in [-0.2, 0) is 6.42 Å². The normalized spacial score (nSPS) is 12.6. The van der Waals surface area contributed by atoms with E-state index < -0.39 is 4.92 Å². The molecule has 0 fully saturated rings. The zero-order valence-electron chi connectivity index (χ0n) is 16.3. The molecule has 0 atom stereocenters. The Kier molecular flexibility index (Phi) is 5.04. The number of pyridine rings is 1. The molecular formula is C21H17N5O4S. The van der Waals surface area contributed by atoms with Gasteiger partial charge in [0.15, 0.2) is 17.3 Å².